The number of hydrogen-bond acceptors (Lipinski definition) is 5. The molecule has 2 N–H and O–H groups in total. The molecule has 3 atom stereocenters. The first kappa shape index (κ1) is 19.9. The second kappa shape index (κ2) is 7.47. The van der Waals surface area contributed by atoms with E-state index in [9.17, 15) is 17.6 Å². The molecule has 29 heavy (non-hydrogen) atoms. The van der Waals surface area contributed by atoms with Crippen molar-refractivity contribution >= 4 is 5.95 Å². The molecule has 1 aromatic carbocycles. The Kier molecular flexibility index (Phi) is 5.14. The number of hydrogen-bond donors (Lipinski definition) is 2. The van der Waals surface area contributed by atoms with Crippen molar-refractivity contribution in [1.82, 2.24) is 20.1 Å². The molecular formula is C19H23F4N5O. The summed E-state index contributed by atoms with van der Waals surface area (Å²) in [5.74, 6) is -0.148. The van der Waals surface area contributed by atoms with Crippen LogP contribution in [0, 0.1) is 17.7 Å². The zero-order valence-electron chi connectivity index (χ0n) is 16.1. The number of nitrogens with zero attached hydrogens (tertiary/aromatic N) is 3. The van der Waals surface area contributed by atoms with Crippen LogP contribution < -0.4 is 15.4 Å². The second-order valence-electron chi connectivity index (χ2n) is 7.93. The maximum Gasteiger partial charge on any atom is 0.416 e. The molecule has 1 aliphatic heterocycles. The molecular weight excluding hydrogens is 390 g/mol. The molecule has 2 aliphatic rings. The molecule has 2 heterocycles. The van der Waals surface area contributed by atoms with Gasteiger partial charge in [-0.05, 0) is 69.8 Å². The molecule has 158 valence electrons. The summed E-state index contributed by atoms with van der Waals surface area (Å²) in [6, 6.07) is 2.05. The number of nitrogens with one attached hydrogen (secondary N) is 2. The highest BCUT2D eigenvalue weighted by molar-refractivity contribution is 5.35. The molecule has 2 fully saturated rings. The second-order valence-corrected chi connectivity index (χ2v) is 7.93. The number of anilines is 1. The van der Waals surface area contributed by atoms with Gasteiger partial charge < -0.3 is 15.4 Å². The van der Waals surface area contributed by atoms with Crippen LogP contribution in [0.2, 0.25) is 0 Å². The Bertz CT molecular complexity index is 866. The van der Waals surface area contributed by atoms with Gasteiger partial charge in [0.1, 0.15) is 0 Å². The zero-order valence-corrected chi connectivity index (χ0v) is 16.1. The minimum Gasteiger partial charge on any atom is -0.421 e. The average molecular weight is 413 g/mol. The van der Waals surface area contributed by atoms with Crippen LogP contribution in [0.4, 0.5) is 23.5 Å². The van der Waals surface area contributed by atoms with Crippen molar-refractivity contribution in [2.75, 3.05) is 18.4 Å². The first-order valence-electron chi connectivity index (χ1n) is 9.70. The van der Waals surface area contributed by atoms with Gasteiger partial charge in [0.15, 0.2) is 11.6 Å². The third-order valence-electron chi connectivity index (χ3n) is 5.58. The molecule has 0 amide bonds. The minimum atomic E-state index is -4.60. The summed E-state index contributed by atoms with van der Waals surface area (Å²) in [7, 11) is 0. The van der Waals surface area contributed by atoms with Crippen LogP contribution in [0.15, 0.2) is 18.2 Å². The van der Waals surface area contributed by atoms with E-state index in [4.69, 9.17) is 4.74 Å². The van der Waals surface area contributed by atoms with E-state index in [1.54, 1.807) is 0 Å². The van der Waals surface area contributed by atoms with Crippen LogP contribution >= 0.6 is 0 Å². The summed E-state index contributed by atoms with van der Waals surface area (Å²) >= 11 is 0. The van der Waals surface area contributed by atoms with E-state index < -0.39 is 23.3 Å². The fourth-order valence-corrected chi connectivity index (χ4v) is 4.10. The Labute approximate surface area is 165 Å². The van der Waals surface area contributed by atoms with E-state index in [0.29, 0.717) is 29.9 Å². The molecule has 1 aliphatic carbocycles. The van der Waals surface area contributed by atoms with Crippen LogP contribution in [0.1, 0.15) is 38.3 Å². The fraction of sp³-hybridized carbons (Fsp3) is 0.579. The normalized spacial score (nSPS) is 24.2. The first-order valence-corrected chi connectivity index (χ1v) is 9.70. The van der Waals surface area contributed by atoms with Gasteiger partial charge in [-0.1, -0.05) is 0 Å². The molecule has 0 spiro atoms. The molecule has 0 unspecified atom stereocenters. The largest absolute Gasteiger partial charge is 0.421 e. The predicted octanol–water partition coefficient (Wildman–Crippen LogP) is 4.22. The fourth-order valence-electron chi connectivity index (χ4n) is 4.10. The number of rotatable bonds is 5. The van der Waals surface area contributed by atoms with Gasteiger partial charge in [-0.15, -0.1) is 5.10 Å². The van der Waals surface area contributed by atoms with Crippen molar-refractivity contribution < 1.29 is 22.3 Å². The first-order chi connectivity index (χ1) is 13.7. The van der Waals surface area contributed by atoms with E-state index in [2.05, 4.69) is 20.7 Å². The smallest absolute Gasteiger partial charge is 0.416 e. The summed E-state index contributed by atoms with van der Waals surface area (Å²) < 4.78 is 59.9. The number of ether oxygens (including phenoxy) is 1. The minimum absolute atomic E-state index is 0.0537. The molecule has 1 aromatic heterocycles. The van der Waals surface area contributed by atoms with Crippen LogP contribution in [0.5, 0.6) is 11.8 Å². The number of fused-ring (bicyclic) bond motifs is 2. The van der Waals surface area contributed by atoms with Gasteiger partial charge in [-0.3, -0.25) is 0 Å². The van der Waals surface area contributed by atoms with Gasteiger partial charge in [0.25, 0.3) is 0 Å². The number of benzene rings is 1. The lowest BCUT2D eigenvalue weighted by atomic mass is 9.94. The van der Waals surface area contributed by atoms with Crippen molar-refractivity contribution in [3.05, 3.63) is 29.6 Å². The summed E-state index contributed by atoms with van der Waals surface area (Å²) in [5.41, 5.74) is -0.992. The van der Waals surface area contributed by atoms with E-state index in [1.807, 2.05) is 13.8 Å². The maximum absolute atomic E-state index is 14.1. The number of piperidine rings is 1. The third-order valence-corrected chi connectivity index (χ3v) is 5.58. The Morgan fingerprint density at radius 2 is 1.90 bits per heavy atom. The molecule has 2 aromatic rings. The number of alkyl halides is 3. The Balaban J connectivity index is 1.59. The van der Waals surface area contributed by atoms with E-state index in [-0.39, 0.29) is 18.1 Å². The lowest BCUT2D eigenvalue weighted by molar-refractivity contribution is -0.137. The summed E-state index contributed by atoms with van der Waals surface area (Å²) in [4.78, 5) is 4.30. The number of aromatic nitrogens is 3. The Morgan fingerprint density at radius 3 is 2.52 bits per heavy atom. The van der Waals surface area contributed by atoms with Gasteiger partial charge >= 0.3 is 12.2 Å². The van der Waals surface area contributed by atoms with Crippen molar-refractivity contribution in [1.29, 1.82) is 0 Å². The average Bonchev–Trinajstić information content (AvgIpc) is 3.12. The molecule has 10 heteroatoms. The van der Waals surface area contributed by atoms with Crippen LogP contribution in [0.3, 0.4) is 0 Å². The van der Waals surface area contributed by atoms with Gasteiger partial charge in [-0.25, -0.2) is 9.07 Å². The van der Waals surface area contributed by atoms with Crippen molar-refractivity contribution in [3.63, 3.8) is 0 Å². The summed E-state index contributed by atoms with van der Waals surface area (Å²) in [5, 5.41) is 11.2. The maximum atomic E-state index is 14.1. The predicted molar refractivity (Wildman–Crippen MR) is 98.4 cm³/mol. The highest BCUT2D eigenvalue weighted by Gasteiger charge is 2.39. The SMILES string of the molecule is CC(C)n1nc(N[C@@H]2[C@@H]3CC[C@H]2CNC3)nc1Oc1cc(C(F)(F)F)ccc1F. The van der Waals surface area contributed by atoms with Crippen LogP contribution in [-0.4, -0.2) is 33.9 Å². The van der Waals surface area contributed by atoms with Crippen molar-refractivity contribution in [2.45, 2.75) is 44.9 Å². The van der Waals surface area contributed by atoms with E-state index in [0.717, 1.165) is 32.0 Å². The van der Waals surface area contributed by atoms with E-state index in [1.165, 1.54) is 4.68 Å². The monoisotopic (exact) mass is 413 g/mol. The molecule has 0 radical (unpaired) electrons. The summed E-state index contributed by atoms with van der Waals surface area (Å²) in [6.45, 7) is 5.53. The van der Waals surface area contributed by atoms with Gasteiger partial charge in [-0.2, -0.15) is 18.2 Å². The molecule has 2 bridgehead atoms. The Hall–Kier alpha value is -2.36. The lowest BCUT2D eigenvalue weighted by Crippen LogP contribution is -2.45. The molecule has 1 saturated heterocycles. The quantitative estimate of drug-likeness (QED) is 0.719. The zero-order chi connectivity index (χ0) is 20.8. The van der Waals surface area contributed by atoms with E-state index >= 15 is 0 Å². The van der Waals surface area contributed by atoms with Gasteiger partial charge in [0.2, 0.25) is 5.95 Å². The summed E-state index contributed by atoms with van der Waals surface area (Å²) in [6.07, 6.45) is -2.35. The highest BCUT2D eigenvalue weighted by atomic mass is 19.4. The molecule has 6 nitrogen and oxygen atoms in total. The highest BCUT2D eigenvalue weighted by Crippen LogP contribution is 2.37. The topological polar surface area (TPSA) is 64.0 Å². The number of halogens is 4. The van der Waals surface area contributed by atoms with Crippen LogP contribution in [-0.2, 0) is 6.18 Å². The van der Waals surface area contributed by atoms with Gasteiger partial charge in [0.05, 0.1) is 11.6 Å². The standard InChI is InChI=1S/C19H23F4N5O/c1-10(2)28-18(29-15-7-13(19(21,22)23)5-6-14(15)20)26-17(27-28)25-16-11-3-4-12(16)9-24-8-11/h5-7,10-12,16,24H,3-4,8-9H2,1-2H3,(H,25,27)/t11-,12+,16-. The Morgan fingerprint density at radius 1 is 1.21 bits per heavy atom. The van der Waals surface area contributed by atoms with Crippen molar-refractivity contribution in [2.24, 2.45) is 11.8 Å². The van der Waals surface area contributed by atoms with Crippen molar-refractivity contribution in [3.8, 4) is 11.8 Å². The van der Waals surface area contributed by atoms with Crippen LogP contribution in [0.25, 0.3) is 0 Å². The molecule has 4 rings (SSSR count). The van der Waals surface area contributed by atoms with Gasteiger partial charge in [0, 0.05) is 6.04 Å². The lowest BCUT2D eigenvalue weighted by Gasteiger charge is -2.30. The third kappa shape index (κ3) is 4.03. The molecule has 1 saturated carbocycles.